The van der Waals surface area contributed by atoms with Gasteiger partial charge in [-0.2, -0.15) is 5.26 Å². The van der Waals surface area contributed by atoms with Gasteiger partial charge in [0.1, 0.15) is 6.42 Å². The Kier molecular flexibility index (Phi) is 6.23. The first-order valence-corrected chi connectivity index (χ1v) is 7.99. The van der Waals surface area contributed by atoms with Crippen molar-refractivity contribution < 1.29 is 19.1 Å². The molecule has 2 aromatic rings. The third-order valence-electron chi connectivity index (χ3n) is 3.63. The number of anilines is 1. The number of aryl methyl sites for hydroxylation is 1. The lowest BCUT2D eigenvalue weighted by molar-refractivity contribution is -0.115. The molecule has 2 rings (SSSR count). The number of esters is 1. The standard InChI is InChI=1S/C20H18N2O4/c1-13-3-5-15(6-4-13)19(24)14(2)26-20(25)16-7-9-17(10-8-16)22-18(23)11-12-21/h3-10,14H,11H2,1-2H3,(H,22,23)/t14-/m0/s1. The van der Waals surface area contributed by atoms with Gasteiger partial charge in [0.25, 0.3) is 0 Å². The maximum atomic E-state index is 12.3. The van der Waals surface area contributed by atoms with E-state index in [-0.39, 0.29) is 17.8 Å². The molecule has 0 aromatic heterocycles. The topological polar surface area (TPSA) is 96.3 Å². The molecule has 2 aromatic carbocycles. The molecule has 132 valence electrons. The first-order chi connectivity index (χ1) is 12.4. The molecular weight excluding hydrogens is 332 g/mol. The number of rotatable bonds is 6. The normalized spacial score (nSPS) is 11.1. The zero-order valence-electron chi connectivity index (χ0n) is 14.5. The van der Waals surface area contributed by atoms with E-state index in [1.807, 2.05) is 19.1 Å². The summed E-state index contributed by atoms with van der Waals surface area (Å²) in [4.78, 5) is 35.8. The van der Waals surface area contributed by atoms with E-state index in [9.17, 15) is 14.4 Å². The van der Waals surface area contributed by atoms with Gasteiger partial charge < -0.3 is 10.1 Å². The lowest BCUT2D eigenvalue weighted by atomic mass is 10.1. The fourth-order valence-corrected chi connectivity index (χ4v) is 2.20. The Bertz CT molecular complexity index is 849. The molecule has 6 heteroatoms. The van der Waals surface area contributed by atoms with Crippen molar-refractivity contribution in [3.63, 3.8) is 0 Å². The van der Waals surface area contributed by atoms with E-state index in [1.54, 1.807) is 18.2 Å². The van der Waals surface area contributed by atoms with Crippen LogP contribution in [0.25, 0.3) is 0 Å². The van der Waals surface area contributed by atoms with Gasteiger partial charge in [0.15, 0.2) is 6.10 Å². The number of ether oxygens (including phenoxy) is 1. The highest BCUT2D eigenvalue weighted by Gasteiger charge is 2.20. The van der Waals surface area contributed by atoms with Crippen molar-refractivity contribution in [3.8, 4) is 6.07 Å². The van der Waals surface area contributed by atoms with Gasteiger partial charge in [-0.05, 0) is 38.1 Å². The summed E-state index contributed by atoms with van der Waals surface area (Å²) in [6.45, 7) is 3.45. The molecule has 6 nitrogen and oxygen atoms in total. The zero-order valence-corrected chi connectivity index (χ0v) is 14.5. The Balaban J connectivity index is 1.98. The van der Waals surface area contributed by atoms with E-state index in [2.05, 4.69) is 5.32 Å². The molecule has 0 spiro atoms. The molecule has 0 aliphatic heterocycles. The second-order valence-corrected chi connectivity index (χ2v) is 5.74. The van der Waals surface area contributed by atoms with E-state index < -0.39 is 18.0 Å². The fraction of sp³-hybridized carbons (Fsp3) is 0.200. The minimum absolute atomic E-state index is 0.248. The number of hydrogen-bond donors (Lipinski definition) is 1. The summed E-state index contributed by atoms with van der Waals surface area (Å²) in [6.07, 6.45) is -1.16. The quantitative estimate of drug-likeness (QED) is 0.637. The average molecular weight is 350 g/mol. The van der Waals surface area contributed by atoms with Crippen LogP contribution in [0.1, 0.15) is 39.6 Å². The minimum atomic E-state index is -0.916. The van der Waals surface area contributed by atoms with Crippen LogP contribution in [0.5, 0.6) is 0 Å². The SMILES string of the molecule is Cc1ccc(C(=O)[C@H](C)OC(=O)c2ccc(NC(=O)CC#N)cc2)cc1. The molecule has 0 bridgehead atoms. The van der Waals surface area contributed by atoms with Gasteiger partial charge in [-0.1, -0.05) is 29.8 Å². The highest BCUT2D eigenvalue weighted by molar-refractivity contribution is 6.01. The Morgan fingerprint density at radius 1 is 1.04 bits per heavy atom. The lowest BCUT2D eigenvalue weighted by Gasteiger charge is -2.13. The van der Waals surface area contributed by atoms with Crippen molar-refractivity contribution in [1.82, 2.24) is 0 Å². The van der Waals surface area contributed by atoms with Gasteiger partial charge in [0, 0.05) is 11.3 Å². The van der Waals surface area contributed by atoms with Crippen LogP contribution >= 0.6 is 0 Å². The van der Waals surface area contributed by atoms with E-state index in [0.717, 1.165) is 5.56 Å². The van der Waals surface area contributed by atoms with Crippen molar-refractivity contribution in [2.24, 2.45) is 0 Å². The van der Waals surface area contributed by atoms with Crippen molar-refractivity contribution in [2.45, 2.75) is 26.4 Å². The highest BCUT2D eigenvalue weighted by atomic mass is 16.5. The van der Waals surface area contributed by atoms with E-state index >= 15 is 0 Å². The molecule has 1 N–H and O–H groups in total. The molecule has 26 heavy (non-hydrogen) atoms. The number of Topliss-reactive ketones (excluding diaryl/α,β-unsaturated/α-hetero) is 1. The summed E-state index contributed by atoms with van der Waals surface area (Å²) in [5.74, 6) is -1.34. The number of ketones is 1. The number of nitriles is 1. The Hall–Kier alpha value is -3.46. The summed E-state index contributed by atoms with van der Waals surface area (Å²) in [6, 6.07) is 14.8. The summed E-state index contributed by atoms with van der Waals surface area (Å²) in [7, 11) is 0. The summed E-state index contributed by atoms with van der Waals surface area (Å²) < 4.78 is 5.22. The average Bonchev–Trinajstić information content (AvgIpc) is 2.62. The molecular formula is C20H18N2O4. The van der Waals surface area contributed by atoms with Crippen molar-refractivity contribution >= 4 is 23.3 Å². The van der Waals surface area contributed by atoms with Crippen LogP contribution in [0.15, 0.2) is 48.5 Å². The van der Waals surface area contributed by atoms with Crippen molar-refractivity contribution in [3.05, 3.63) is 65.2 Å². The number of carbonyl (C=O) groups excluding carboxylic acids is 3. The third-order valence-corrected chi connectivity index (χ3v) is 3.63. The number of benzene rings is 2. The van der Waals surface area contributed by atoms with Gasteiger partial charge in [0.2, 0.25) is 11.7 Å². The number of amides is 1. The molecule has 1 atom stereocenters. The first-order valence-electron chi connectivity index (χ1n) is 7.99. The smallest absolute Gasteiger partial charge is 0.338 e. The van der Waals surface area contributed by atoms with Crippen LogP contribution in [0.3, 0.4) is 0 Å². The highest BCUT2D eigenvalue weighted by Crippen LogP contribution is 2.14. The van der Waals surface area contributed by atoms with Gasteiger partial charge in [-0.25, -0.2) is 4.79 Å². The van der Waals surface area contributed by atoms with Gasteiger partial charge in [0.05, 0.1) is 11.6 Å². The molecule has 0 saturated heterocycles. The van der Waals surface area contributed by atoms with Crippen LogP contribution in [-0.4, -0.2) is 23.8 Å². The van der Waals surface area contributed by atoms with Crippen LogP contribution in [0.2, 0.25) is 0 Å². The summed E-state index contributed by atoms with van der Waals surface area (Å²) in [5, 5.41) is 11.0. The second kappa shape index (κ2) is 8.58. The molecule has 0 unspecified atom stereocenters. The largest absolute Gasteiger partial charge is 0.451 e. The van der Waals surface area contributed by atoms with Crippen LogP contribution in [-0.2, 0) is 9.53 Å². The predicted octanol–water partition coefficient (Wildman–Crippen LogP) is 3.28. The van der Waals surface area contributed by atoms with E-state index in [1.165, 1.54) is 31.2 Å². The van der Waals surface area contributed by atoms with Crippen LogP contribution in [0, 0.1) is 18.3 Å². The number of nitrogens with one attached hydrogen (secondary N) is 1. The van der Waals surface area contributed by atoms with Crippen molar-refractivity contribution in [2.75, 3.05) is 5.32 Å². The lowest BCUT2D eigenvalue weighted by Crippen LogP contribution is -2.24. The molecule has 0 aliphatic carbocycles. The Morgan fingerprint density at radius 2 is 1.62 bits per heavy atom. The third kappa shape index (κ3) is 5.02. The fourth-order valence-electron chi connectivity index (χ4n) is 2.20. The molecule has 1 amide bonds. The number of carbonyl (C=O) groups is 3. The summed E-state index contributed by atoms with van der Waals surface area (Å²) in [5.41, 5.74) is 2.23. The molecule has 0 aliphatic rings. The maximum Gasteiger partial charge on any atom is 0.338 e. The van der Waals surface area contributed by atoms with Crippen molar-refractivity contribution in [1.29, 1.82) is 5.26 Å². The first kappa shape index (κ1) is 18.9. The van der Waals surface area contributed by atoms with E-state index in [0.29, 0.717) is 11.3 Å². The molecule has 0 radical (unpaired) electrons. The predicted molar refractivity (Wildman–Crippen MR) is 95.7 cm³/mol. The Morgan fingerprint density at radius 3 is 2.19 bits per heavy atom. The summed E-state index contributed by atoms with van der Waals surface area (Å²) >= 11 is 0. The molecule has 0 saturated carbocycles. The monoisotopic (exact) mass is 350 g/mol. The van der Waals surface area contributed by atoms with E-state index in [4.69, 9.17) is 10.00 Å². The maximum absolute atomic E-state index is 12.3. The molecule has 0 fully saturated rings. The Labute approximate surface area is 151 Å². The van der Waals surface area contributed by atoms with Crippen LogP contribution < -0.4 is 5.32 Å². The molecule has 0 heterocycles. The number of nitrogens with zero attached hydrogens (tertiary/aromatic N) is 1. The number of hydrogen-bond acceptors (Lipinski definition) is 5. The zero-order chi connectivity index (χ0) is 19.1. The van der Waals surface area contributed by atoms with Gasteiger partial charge >= 0.3 is 5.97 Å². The van der Waals surface area contributed by atoms with Crippen LogP contribution in [0.4, 0.5) is 5.69 Å². The minimum Gasteiger partial charge on any atom is -0.451 e. The second-order valence-electron chi connectivity index (χ2n) is 5.74. The van der Waals surface area contributed by atoms with Gasteiger partial charge in [-0.3, -0.25) is 9.59 Å². The van der Waals surface area contributed by atoms with Gasteiger partial charge in [-0.15, -0.1) is 0 Å².